The summed E-state index contributed by atoms with van der Waals surface area (Å²) >= 11 is 0. The van der Waals surface area contributed by atoms with Gasteiger partial charge in [0.15, 0.2) is 0 Å². The van der Waals surface area contributed by atoms with Gasteiger partial charge in [-0.2, -0.15) is 0 Å². The number of carbonyl (C=O) groups is 1. The first-order chi connectivity index (χ1) is 11.0. The van der Waals surface area contributed by atoms with Crippen LogP contribution < -0.4 is 10.2 Å². The summed E-state index contributed by atoms with van der Waals surface area (Å²) in [5, 5.41) is 2.90. The Balaban J connectivity index is 1.68. The van der Waals surface area contributed by atoms with Gasteiger partial charge in [-0.3, -0.25) is 4.79 Å². The zero-order valence-corrected chi connectivity index (χ0v) is 13.2. The van der Waals surface area contributed by atoms with Gasteiger partial charge in [0.05, 0.1) is 12.0 Å². The number of carbonyl (C=O) groups excluding carboxylic acids is 1. The van der Waals surface area contributed by atoms with Crippen LogP contribution in [-0.4, -0.2) is 30.0 Å². The van der Waals surface area contributed by atoms with E-state index in [1.807, 2.05) is 25.1 Å². The monoisotopic (exact) mass is 314 g/mol. The van der Waals surface area contributed by atoms with Crippen molar-refractivity contribution in [2.75, 3.05) is 19.0 Å². The summed E-state index contributed by atoms with van der Waals surface area (Å²) in [7, 11) is 3.80. The van der Waals surface area contributed by atoms with E-state index in [2.05, 4.69) is 15.3 Å². The van der Waals surface area contributed by atoms with Gasteiger partial charge in [0, 0.05) is 20.3 Å². The molecule has 1 aliphatic rings. The fraction of sp³-hybridized carbons (Fsp3) is 0.353. The molecule has 3 rings (SSSR count). The molecule has 0 atom stereocenters. The summed E-state index contributed by atoms with van der Waals surface area (Å²) < 4.78 is 13.0. The minimum Gasteiger partial charge on any atom is -0.363 e. The molecule has 0 unspecified atom stereocenters. The molecule has 1 saturated carbocycles. The predicted molar refractivity (Wildman–Crippen MR) is 85.5 cm³/mol. The van der Waals surface area contributed by atoms with Gasteiger partial charge in [-0.05, 0) is 36.6 Å². The molecule has 6 heteroatoms. The first-order valence-electron chi connectivity index (χ1n) is 7.55. The number of hydrogen-bond acceptors (Lipinski definition) is 4. The van der Waals surface area contributed by atoms with Crippen molar-refractivity contribution >= 4 is 11.7 Å². The van der Waals surface area contributed by atoms with Crippen LogP contribution in [-0.2, 0) is 16.8 Å². The van der Waals surface area contributed by atoms with Crippen LogP contribution in [0.5, 0.6) is 0 Å². The molecule has 0 radical (unpaired) electrons. The Morgan fingerprint density at radius 3 is 2.57 bits per heavy atom. The first kappa shape index (κ1) is 15.4. The quantitative estimate of drug-likeness (QED) is 0.917. The summed E-state index contributed by atoms with van der Waals surface area (Å²) in [6.45, 7) is 0.281. The molecule has 1 fully saturated rings. The van der Waals surface area contributed by atoms with Gasteiger partial charge in [-0.1, -0.05) is 12.1 Å². The van der Waals surface area contributed by atoms with Crippen molar-refractivity contribution in [1.29, 1.82) is 0 Å². The topological polar surface area (TPSA) is 58.1 Å². The van der Waals surface area contributed by atoms with Crippen LogP contribution in [0.4, 0.5) is 10.2 Å². The molecule has 1 aromatic carbocycles. The SMILES string of the molecule is CN(C)c1ccnc(CNC(=O)C2(c3ccc(F)cc3)CC2)n1. The standard InChI is InChI=1S/C17H19FN4O/c1-22(2)15-7-10-19-14(21-15)11-20-16(23)17(8-9-17)12-3-5-13(18)6-4-12/h3-7,10H,8-9,11H2,1-2H3,(H,20,23). The number of aromatic nitrogens is 2. The predicted octanol–water partition coefficient (Wildman–Crippen LogP) is 2.03. The van der Waals surface area contributed by atoms with Crippen molar-refractivity contribution in [2.45, 2.75) is 24.8 Å². The van der Waals surface area contributed by atoms with Gasteiger partial charge in [-0.25, -0.2) is 14.4 Å². The van der Waals surface area contributed by atoms with E-state index in [-0.39, 0.29) is 18.3 Å². The fourth-order valence-electron chi connectivity index (χ4n) is 2.59. The van der Waals surface area contributed by atoms with Crippen LogP contribution in [0.2, 0.25) is 0 Å². The van der Waals surface area contributed by atoms with Crippen molar-refractivity contribution in [1.82, 2.24) is 15.3 Å². The Kier molecular flexibility index (Phi) is 3.98. The number of nitrogens with one attached hydrogen (secondary N) is 1. The Labute approximate surface area is 134 Å². The lowest BCUT2D eigenvalue weighted by Gasteiger charge is -2.16. The van der Waals surface area contributed by atoms with E-state index < -0.39 is 5.41 Å². The zero-order chi connectivity index (χ0) is 16.4. The second-order valence-corrected chi connectivity index (χ2v) is 6.00. The summed E-state index contributed by atoms with van der Waals surface area (Å²) in [6.07, 6.45) is 3.24. The number of benzene rings is 1. The summed E-state index contributed by atoms with van der Waals surface area (Å²) in [5.41, 5.74) is 0.340. The molecular formula is C17H19FN4O. The van der Waals surface area contributed by atoms with E-state index in [1.54, 1.807) is 18.3 Å². The Morgan fingerprint density at radius 1 is 1.26 bits per heavy atom. The molecule has 120 valence electrons. The number of hydrogen-bond donors (Lipinski definition) is 1. The maximum absolute atomic E-state index is 13.0. The molecule has 1 aliphatic carbocycles. The van der Waals surface area contributed by atoms with E-state index in [0.29, 0.717) is 5.82 Å². The van der Waals surface area contributed by atoms with Crippen molar-refractivity contribution < 1.29 is 9.18 Å². The molecular weight excluding hydrogens is 295 g/mol. The van der Waals surface area contributed by atoms with Crippen molar-refractivity contribution in [3.63, 3.8) is 0 Å². The molecule has 0 saturated heterocycles. The maximum atomic E-state index is 13.0. The summed E-state index contributed by atoms with van der Waals surface area (Å²) in [5.74, 6) is 1.02. The summed E-state index contributed by atoms with van der Waals surface area (Å²) in [6, 6.07) is 7.97. The van der Waals surface area contributed by atoms with Crippen LogP contribution in [0.25, 0.3) is 0 Å². The number of halogens is 1. The van der Waals surface area contributed by atoms with Gasteiger partial charge in [0.2, 0.25) is 5.91 Å². The van der Waals surface area contributed by atoms with Gasteiger partial charge in [0.25, 0.3) is 0 Å². The third kappa shape index (κ3) is 3.16. The largest absolute Gasteiger partial charge is 0.363 e. The minimum atomic E-state index is -0.521. The fourth-order valence-corrected chi connectivity index (χ4v) is 2.59. The van der Waals surface area contributed by atoms with E-state index >= 15 is 0 Å². The molecule has 1 N–H and O–H groups in total. The minimum absolute atomic E-state index is 0.0528. The normalized spacial score (nSPS) is 15.1. The second-order valence-electron chi connectivity index (χ2n) is 6.00. The van der Waals surface area contributed by atoms with Crippen molar-refractivity contribution in [3.05, 3.63) is 53.7 Å². The first-order valence-corrected chi connectivity index (χ1v) is 7.55. The Hall–Kier alpha value is -2.50. The van der Waals surface area contributed by atoms with Crippen molar-refractivity contribution in [2.24, 2.45) is 0 Å². The number of anilines is 1. The lowest BCUT2D eigenvalue weighted by atomic mass is 9.95. The third-order valence-electron chi connectivity index (χ3n) is 4.14. The smallest absolute Gasteiger partial charge is 0.231 e. The maximum Gasteiger partial charge on any atom is 0.231 e. The molecule has 0 bridgehead atoms. The average molecular weight is 314 g/mol. The van der Waals surface area contributed by atoms with Crippen molar-refractivity contribution in [3.8, 4) is 0 Å². The van der Waals surface area contributed by atoms with Gasteiger partial charge < -0.3 is 10.2 Å². The molecule has 0 aliphatic heterocycles. The highest BCUT2D eigenvalue weighted by molar-refractivity contribution is 5.91. The molecule has 1 aromatic heterocycles. The van der Waals surface area contributed by atoms with Crippen LogP contribution in [0.15, 0.2) is 36.5 Å². The van der Waals surface area contributed by atoms with Gasteiger partial charge >= 0.3 is 0 Å². The van der Waals surface area contributed by atoms with Gasteiger partial charge in [0.1, 0.15) is 17.5 Å². The van der Waals surface area contributed by atoms with Crippen LogP contribution in [0.3, 0.4) is 0 Å². The number of amides is 1. The van der Waals surface area contributed by atoms with E-state index in [0.717, 1.165) is 24.2 Å². The molecule has 1 amide bonds. The van der Waals surface area contributed by atoms with E-state index in [1.165, 1.54) is 12.1 Å². The number of rotatable bonds is 5. The average Bonchev–Trinajstić information content (AvgIpc) is 3.35. The van der Waals surface area contributed by atoms with E-state index in [4.69, 9.17) is 0 Å². The third-order valence-corrected chi connectivity index (χ3v) is 4.14. The van der Waals surface area contributed by atoms with Gasteiger partial charge in [-0.15, -0.1) is 0 Å². The highest BCUT2D eigenvalue weighted by Crippen LogP contribution is 2.48. The zero-order valence-electron chi connectivity index (χ0n) is 13.2. The van der Waals surface area contributed by atoms with Crippen LogP contribution in [0.1, 0.15) is 24.2 Å². The molecule has 5 nitrogen and oxygen atoms in total. The Morgan fingerprint density at radius 2 is 1.96 bits per heavy atom. The highest BCUT2D eigenvalue weighted by atomic mass is 19.1. The number of nitrogens with zero attached hydrogens (tertiary/aromatic N) is 3. The lowest BCUT2D eigenvalue weighted by Crippen LogP contribution is -2.34. The molecule has 2 aromatic rings. The molecule has 23 heavy (non-hydrogen) atoms. The van der Waals surface area contributed by atoms with Crippen LogP contribution in [0, 0.1) is 5.82 Å². The highest BCUT2D eigenvalue weighted by Gasteiger charge is 2.51. The van der Waals surface area contributed by atoms with E-state index in [9.17, 15) is 9.18 Å². The summed E-state index contributed by atoms with van der Waals surface area (Å²) in [4.78, 5) is 23.0. The molecule has 0 spiro atoms. The van der Waals surface area contributed by atoms with Crippen LogP contribution >= 0.6 is 0 Å². The second kappa shape index (κ2) is 5.95. The molecule has 1 heterocycles. The lowest BCUT2D eigenvalue weighted by molar-refractivity contribution is -0.123. The Bertz CT molecular complexity index is 711.